The first kappa shape index (κ1) is 12.0. The van der Waals surface area contributed by atoms with Crippen molar-refractivity contribution in [3.63, 3.8) is 0 Å². The highest BCUT2D eigenvalue weighted by Crippen LogP contribution is 2.15. The summed E-state index contributed by atoms with van der Waals surface area (Å²) in [5, 5.41) is 9.20. The first-order chi connectivity index (χ1) is 7.13. The fraction of sp³-hybridized carbons (Fsp3) is 0.500. The van der Waals surface area contributed by atoms with Gasteiger partial charge in [-0.1, -0.05) is 0 Å². The molecule has 0 aliphatic carbocycles. The molecule has 0 aromatic heterocycles. The van der Waals surface area contributed by atoms with Crippen molar-refractivity contribution in [2.24, 2.45) is 0 Å². The Balaban J connectivity index is 2.61. The van der Waals surface area contributed by atoms with Gasteiger partial charge in [-0.15, -0.1) is 0 Å². The second-order valence-corrected chi connectivity index (χ2v) is 3.69. The van der Waals surface area contributed by atoms with Crippen LogP contribution < -0.4 is 4.90 Å². The minimum atomic E-state index is -0.292. The Morgan fingerprint density at radius 1 is 1.33 bits per heavy atom. The van der Waals surface area contributed by atoms with Gasteiger partial charge in [-0.2, -0.15) is 0 Å². The average molecular weight is 211 g/mol. The molecule has 1 atom stereocenters. The molecule has 15 heavy (non-hydrogen) atoms. The smallest absolute Gasteiger partial charge is 0.123 e. The summed E-state index contributed by atoms with van der Waals surface area (Å²) >= 11 is 0. The third-order valence-corrected chi connectivity index (χ3v) is 2.39. The van der Waals surface area contributed by atoms with Crippen molar-refractivity contribution in [2.75, 3.05) is 18.0 Å². The van der Waals surface area contributed by atoms with Gasteiger partial charge in [-0.25, -0.2) is 4.39 Å². The van der Waals surface area contributed by atoms with Crippen LogP contribution in [0.3, 0.4) is 0 Å². The minimum absolute atomic E-state index is 0.217. The number of benzene rings is 1. The summed E-state index contributed by atoms with van der Waals surface area (Å²) in [6.45, 7) is 5.47. The molecule has 1 aromatic carbocycles. The van der Waals surface area contributed by atoms with Crippen molar-refractivity contribution in [3.05, 3.63) is 30.1 Å². The van der Waals surface area contributed by atoms with Crippen LogP contribution in [0.2, 0.25) is 0 Å². The number of anilines is 1. The molecule has 0 bridgehead atoms. The molecule has 84 valence electrons. The summed E-state index contributed by atoms with van der Waals surface area (Å²) in [5.74, 6) is -0.217. The van der Waals surface area contributed by atoms with Crippen LogP contribution in [0.1, 0.15) is 20.3 Å². The molecule has 1 rings (SSSR count). The van der Waals surface area contributed by atoms with Gasteiger partial charge in [0.1, 0.15) is 5.82 Å². The first-order valence-corrected chi connectivity index (χ1v) is 5.32. The Morgan fingerprint density at radius 3 is 2.40 bits per heavy atom. The van der Waals surface area contributed by atoms with Gasteiger partial charge in [0.15, 0.2) is 0 Å². The van der Waals surface area contributed by atoms with E-state index in [0.29, 0.717) is 0 Å². The first-order valence-electron chi connectivity index (χ1n) is 5.32. The van der Waals surface area contributed by atoms with E-state index in [1.807, 2.05) is 6.92 Å². The summed E-state index contributed by atoms with van der Waals surface area (Å²) < 4.78 is 12.7. The topological polar surface area (TPSA) is 23.5 Å². The van der Waals surface area contributed by atoms with E-state index in [2.05, 4.69) is 4.90 Å². The summed E-state index contributed by atoms with van der Waals surface area (Å²) in [4.78, 5) is 2.12. The molecule has 1 N–H and O–H groups in total. The monoisotopic (exact) mass is 211 g/mol. The summed E-state index contributed by atoms with van der Waals surface area (Å²) in [7, 11) is 0. The van der Waals surface area contributed by atoms with Crippen LogP contribution in [0.25, 0.3) is 0 Å². The van der Waals surface area contributed by atoms with Gasteiger partial charge < -0.3 is 10.0 Å². The molecule has 2 nitrogen and oxygen atoms in total. The van der Waals surface area contributed by atoms with Crippen molar-refractivity contribution in [3.8, 4) is 0 Å². The number of aliphatic hydroxyl groups is 1. The van der Waals surface area contributed by atoms with Crippen molar-refractivity contribution in [1.29, 1.82) is 0 Å². The van der Waals surface area contributed by atoms with Gasteiger partial charge >= 0.3 is 0 Å². The number of hydrogen-bond acceptors (Lipinski definition) is 2. The van der Waals surface area contributed by atoms with E-state index in [9.17, 15) is 9.50 Å². The van der Waals surface area contributed by atoms with Crippen molar-refractivity contribution < 1.29 is 9.50 Å². The predicted octanol–water partition coefficient (Wildman–Crippen LogP) is 2.42. The molecule has 0 aliphatic rings. The molecule has 0 radical (unpaired) electrons. The third kappa shape index (κ3) is 3.88. The lowest BCUT2D eigenvalue weighted by molar-refractivity contribution is 0.186. The van der Waals surface area contributed by atoms with Gasteiger partial charge in [0.25, 0.3) is 0 Å². The Kier molecular flexibility index (Phi) is 4.56. The molecule has 0 aliphatic heterocycles. The number of nitrogens with zero attached hydrogens (tertiary/aromatic N) is 1. The second kappa shape index (κ2) is 5.71. The Bertz CT molecular complexity index is 284. The Morgan fingerprint density at radius 2 is 1.93 bits per heavy atom. The zero-order valence-electron chi connectivity index (χ0n) is 9.28. The standard InChI is InChI=1S/C12H18FNO/c1-3-14(9-8-10(2)15)12-6-4-11(13)5-7-12/h4-7,10,15H,3,8-9H2,1-2H3. The fourth-order valence-electron chi connectivity index (χ4n) is 1.46. The van der Waals surface area contributed by atoms with E-state index < -0.39 is 0 Å². The molecule has 1 unspecified atom stereocenters. The predicted molar refractivity (Wildman–Crippen MR) is 60.6 cm³/mol. The van der Waals surface area contributed by atoms with Gasteiger partial charge in [0.05, 0.1) is 6.10 Å². The molecular weight excluding hydrogens is 193 g/mol. The van der Waals surface area contributed by atoms with Crippen LogP contribution in [0.5, 0.6) is 0 Å². The molecule has 0 amide bonds. The highest BCUT2D eigenvalue weighted by atomic mass is 19.1. The van der Waals surface area contributed by atoms with Crippen LogP contribution >= 0.6 is 0 Å². The number of halogens is 1. The van der Waals surface area contributed by atoms with E-state index >= 15 is 0 Å². The molecule has 0 saturated heterocycles. The van der Waals surface area contributed by atoms with Crippen molar-refractivity contribution >= 4 is 5.69 Å². The minimum Gasteiger partial charge on any atom is -0.393 e. The second-order valence-electron chi connectivity index (χ2n) is 3.69. The van der Waals surface area contributed by atoms with Crippen LogP contribution in [-0.2, 0) is 0 Å². The van der Waals surface area contributed by atoms with E-state index in [1.165, 1.54) is 12.1 Å². The lowest BCUT2D eigenvalue weighted by Crippen LogP contribution is -2.26. The average Bonchev–Trinajstić information content (AvgIpc) is 2.21. The largest absolute Gasteiger partial charge is 0.393 e. The molecule has 0 spiro atoms. The maximum atomic E-state index is 12.7. The van der Waals surface area contributed by atoms with Gasteiger partial charge in [0.2, 0.25) is 0 Å². The molecular formula is C12H18FNO. The van der Waals surface area contributed by atoms with Gasteiger partial charge in [-0.3, -0.25) is 0 Å². The van der Waals surface area contributed by atoms with Crippen LogP contribution in [-0.4, -0.2) is 24.3 Å². The number of rotatable bonds is 5. The van der Waals surface area contributed by atoms with Crippen molar-refractivity contribution in [2.45, 2.75) is 26.4 Å². The molecule has 0 heterocycles. The SMILES string of the molecule is CCN(CCC(C)O)c1ccc(F)cc1. The van der Waals surface area contributed by atoms with Crippen LogP contribution in [0.15, 0.2) is 24.3 Å². The zero-order valence-corrected chi connectivity index (χ0v) is 9.28. The maximum absolute atomic E-state index is 12.7. The number of hydrogen-bond donors (Lipinski definition) is 1. The highest BCUT2D eigenvalue weighted by molar-refractivity contribution is 5.45. The van der Waals surface area contributed by atoms with Crippen molar-refractivity contribution in [1.82, 2.24) is 0 Å². The molecule has 0 fully saturated rings. The Hall–Kier alpha value is -1.09. The summed E-state index contributed by atoms with van der Waals surface area (Å²) in [6, 6.07) is 6.45. The van der Waals surface area contributed by atoms with E-state index in [1.54, 1.807) is 19.1 Å². The van der Waals surface area contributed by atoms with Gasteiger partial charge in [0, 0.05) is 18.8 Å². The maximum Gasteiger partial charge on any atom is 0.123 e. The summed E-state index contributed by atoms with van der Waals surface area (Å²) in [5.41, 5.74) is 1.000. The highest BCUT2D eigenvalue weighted by Gasteiger charge is 2.05. The lowest BCUT2D eigenvalue weighted by atomic mass is 10.2. The summed E-state index contributed by atoms with van der Waals surface area (Å²) in [6.07, 6.45) is 0.435. The normalized spacial score (nSPS) is 12.5. The molecule has 1 aromatic rings. The van der Waals surface area contributed by atoms with Crippen LogP contribution in [0.4, 0.5) is 10.1 Å². The third-order valence-electron chi connectivity index (χ3n) is 2.39. The molecule has 3 heteroatoms. The lowest BCUT2D eigenvalue weighted by Gasteiger charge is -2.23. The van der Waals surface area contributed by atoms with Crippen LogP contribution in [0, 0.1) is 5.82 Å². The van der Waals surface area contributed by atoms with E-state index in [-0.39, 0.29) is 11.9 Å². The number of aliphatic hydroxyl groups excluding tert-OH is 1. The fourth-order valence-corrected chi connectivity index (χ4v) is 1.46. The molecule has 0 saturated carbocycles. The van der Waals surface area contributed by atoms with E-state index in [0.717, 1.165) is 25.2 Å². The zero-order chi connectivity index (χ0) is 11.3. The Labute approximate surface area is 90.3 Å². The quantitative estimate of drug-likeness (QED) is 0.808. The van der Waals surface area contributed by atoms with Gasteiger partial charge in [-0.05, 0) is 44.5 Å². The van der Waals surface area contributed by atoms with E-state index in [4.69, 9.17) is 0 Å².